The minimum Gasteiger partial charge on any atom is -0.394 e. The van der Waals surface area contributed by atoms with Crippen LogP contribution in [-0.2, 0) is 0 Å². The fourth-order valence-corrected chi connectivity index (χ4v) is 3.17. The van der Waals surface area contributed by atoms with Crippen molar-refractivity contribution >= 4 is 17.3 Å². The lowest BCUT2D eigenvalue weighted by Gasteiger charge is -2.28. The second-order valence-electron chi connectivity index (χ2n) is 5.78. The SMILES string of the molecule is C[C@H](C1=C(NC(=S)N2CCC[C@H]2CO)CC=C1)N(C)C. The zero-order valence-corrected chi connectivity index (χ0v) is 13.4. The molecule has 20 heavy (non-hydrogen) atoms. The Hall–Kier alpha value is -0.910. The summed E-state index contributed by atoms with van der Waals surface area (Å²) in [6.45, 7) is 3.32. The molecular formula is C15H25N3OS. The molecule has 0 amide bonds. The number of likely N-dealkylation sites (tertiary alicyclic amines) is 1. The first-order chi connectivity index (χ1) is 9.54. The molecule has 2 atom stereocenters. The maximum Gasteiger partial charge on any atom is 0.173 e. The van der Waals surface area contributed by atoms with E-state index in [2.05, 4.69) is 48.3 Å². The summed E-state index contributed by atoms with van der Waals surface area (Å²) < 4.78 is 0. The number of thiocarbonyl (C=S) groups is 1. The van der Waals surface area contributed by atoms with Crippen molar-refractivity contribution in [3.05, 3.63) is 23.4 Å². The minimum atomic E-state index is 0.180. The predicted molar refractivity (Wildman–Crippen MR) is 86.5 cm³/mol. The number of nitrogens with one attached hydrogen (secondary N) is 1. The summed E-state index contributed by atoms with van der Waals surface area (Å²) in [6, 6.07) is 0.547. The lowest BCUT2D eigenvalue weighted by atomic mass is 10.1. The van der Waals surface area contributed by atoms with Gasteiger partial charge in [0, 0.05) is 24.7 Å². The molecule has 112 valence electrons. The summed E-state index contributed by atoms with van der Waals surface area (Å²) in [5.41, 5.74) is 2.50. The minimum absolute atomic E-state index is 0.180. The molecule has 1 aliphatic heterocycles. The Bertz CT molecular complexity index is 431. The fourth-order valence-electron chi connectivity index (χ4n) is 2.81. The van der Waals surface area contributed by atoms with Gasteiger partial charge in [0.25, 0.3) is 0 Å². The quantitative estimate of drug-likeness (QED) is 0.769. The van der Waals surface area contributed by atoms with Crippen LogP contribution >= 0.6 is 12.2 Å². The van der Waals surface area contributed by atoms with Gasteiger partial charge in [-0.25, -0.2) is 0 Å². The van der Waals surface area contributed by atoms with E-state index in [1.165, 1.54) is 11.3 Å². The molecule has 4 nitrogen and oxygen atoms in total. The zero-order chi connectivity index (χ0) is 14.7. The third-order valence-corrected chi connectivity index (χ3v) is 4.64. The van der Waals surface area contributed by atoms with E-state index < -0.39 is 0 Å². The third kappa shape index (κ3) is 3.22. The highest BCUT2D eigenvalue weighted by molar-refractivity contribution is 7.80. The van der Waals surface area contributed by atoms with Crippen LogP contribution in [0.25, 0.3) is 0 Å². The average Bonchev–Trinajstić information content (AvgIpc) is 3.05. The predicted octanol–water partition coefficient (Wildman–Crippen LogP) is 1.48. The molecule has 0 bridgehead atoms. The molecule has 1 heterocycles. The lowest BCUT2D eigenvalue weighted by Crippen LogP contribution is -2.44. The Morgan fingerprint density at radius 1 is 1.60 bits per heavy atom. The Balaban J connectivity index is 2.05. The highest BCUT2D eigenvalue weighted by atomic mass is 32.1. The molecule has 0 radical (unpaired) electrons. The van der Waals surface area contributed by atoms with E-state index in [-0.39, 0.29) is 12.6 Å². The van der Waals surface area contributed by atoms with Crippen LogP contribution in [0.1, 0.15) is 26.2 Å². The molecule has 5 heteroatoms. The van der Waals surface area contributed by atoms with E-state index in [1.54, 1.807) is 0 Å². The Kier molecular flexibility index (Phi) is 5.18. The molecule has 2 N–H and O–H groups in total. The van der Waals surface area contributed by atoms with E-state index >= 15 is 0 Å². The molecule has 2 aliphatic rings. The largest absolute Gasteiger partial charge is 0.394 e. The molecular weight excluding hydrogens is 270 g/mol. The van der Waals surface area contributed by atoms with Crippen molar-refractivity contribution in [2.24, 2.45) is 0 Å². The Labute approximate surface area is 127 Å². The number of aliphatic hydroxyl groups is 1. The normalized spacial score (nSPS) is 23.9. The van der Waals surface area contributed by atoms with Gasteiger partial charge in [0.2, 0.25) is 0 Å². The number of rotatable bonds is 4. The van der Waals surface area contributed by atoms with Crippen LogP contribution in [0.4, 0.5) is 0 Å². The molecule has 2 rings (SSSR count). The topological polar surface area (TPSA) is 38.7 Å². The van der Waals surface area contributed by atoms with Gasteiger partial charge in [0.05, 0.1) is 12.6 Å². The zero-order valence-electron chi connectivity index (χ0n) is 12.6. The first-order valence-corrected chi connectivity index (χ1v) is 7.70. The number of allylic oxidation sites excluding steroid dienone is 1. The van der Waals surface area contributed by atoms with Crippen molar-refractivity contribution in [1.82, 2.24) is 15.1 Å². The number of hydrogen-bond acceptors (Lipinski definition) is 3. The summed E-state index contributed by atoms with van der Waals surface area (Å²) in [4.78, 5) is 4.32. The van der Waals surface area contributed by atoms with Crippen molar-refractivity contribution in [3.63, 3.8) is 0 Å². The molecule has 1 saturated heterocycles. The van der Waals surface area contributed by atoms with Gasteiger partial charge in [-0.2, -0.15) is 0 Å². The van der Waals surface area contributed by atoms with E-state index in [9.17, 15) is 5.11 Å². The molecule has 0 unspecified atom stereocenters. The van der Waals surface area contributed by atoms with Gasteiger partial charge in [-0.3, -0.25) is 0 Å². The number of hydrogen-bond donors (Lipinski definition) is 2. The van der Waals surface area contributed by atoms with Gasteiger partial charge >= 0.3 is 0 Å². The summed E-state index contributed by atoms with van der Waals surface area (Å²) in [5.74, 6) is 0. The standard InChI is InChI=1S/C15H25N3OS/c1-11(17(2)3)13-7-4-8-14(13)16-15(20)18-9-5-6-12(18)10-19/h4,7,11-12,19H,5-6,8-10H2,1-3H3,(H,16,20)/t11-,12+/m1/s1. The summed E-state index contributed by atoms with van der Waals surface area (Å²) in [7, 11) is 4.17. The smallest absolute Gasteiger partial charge is 0.173 e. The van der Waals surface area contributed by atoms with Gasteiger partial charge in [-0.1, -0.05) is 12.2 Å². The number of nitrogens with zero attached hydrogens (tertiary/aromatic N) is 2. The first kappa shape index (κ1) is 15.5. The third-order valence-electron chi connectivity index (χ3n) is 4.30. The van der Waals surface area contributed by atoms with Crippen LogP contribution in [0.3, 0.4) is 0 Å². The maximum atomic E-state index is 9.40. The van der Waals surface area contributed by atoms with Gasteiger partial charge in [-0.15, -0.1) is 0 Å². The van der Waals surface area contributed by atoms with Gasteiger partial charge < -0.3 is 20.2 Å². The monoisotopic (exact) mass is 295 g/mol. The van der Waals surface area contributed by atoms with Gasteiger partial charge in [0.1, 0.15) is 0 Å². The molecule has 0 aromatic carbocycles. The van der Waals surface area contributed by atoms with Crippen LogP contribution in [0.2, 0.25) is 0 Å². The van der Waals surface area contributed by atoms with Crippen molar-refractivity contribution in [2.75, 3.05) is 27.2 Å². The fraction of sp³-hybridized carbons (Fsp3) is 0.667. The van der Waals surface area contributed by atoms with E-state index in [4.69, 9.17) is 12.2 Å². The van der Waals surface area contributed by atoms with Crippen LogP contribution < -0.4 is 5.32 Å². The Morgan fingerprint density at radius 3 is 3.00 bits per heavy atom. The summed E-state index contributed by atoms with van der Waals surface area (Å²) in [5, 5.41) is 13.6. The van der Waals surface area contributed by atoms with Crippen LogP contribution in [-0.4, -0.2) is 59.3 Å². The van der Waals surface area contributed by atoms with Crippen LogP contribution in [0, 0.1) is 0 Å². The molecule has 0 aromatic rings. The molecule has 1 fully saturated rings. The van der Waals surface area contributed by atoms with Crippen LogP contribution in [0.15, 0.2) is 23.4 Å². The van der Waals surface area contributed by atoms with Crippen molar-refractivity contribution < 1.29 is 5.11 Å². The van der Waals surface area contributed by atoms with E-state index in [1.807, 2.05) is 0 Å². The molecule has 1 aliphatic carbocycles. The second-order valence-corrected chi connectivity index (χ2v) is 6.17. The van der Waals surface area contributed by atoms with Crippen molar-refractivity contribution in [1.29, 1.82) is 0 Å². The maximum absolute atomic E-state index is 9.40. The average molecular weight is 295 g/mol. The highest BCUT2D eigenvalue weighted by Crippen LogP contribution is 2.23. The first-order valence-electron chi connectivity index (χ1n) is 7.29. The van der Waals surface area contributed by atoms with Crippen LogP contribution in [0.5, 0.6) is 0 Å². The second kappa shape index (κ2) is 6.70. The van der Waals surface area contributed by atoms with Crippen molar-refractivity contribution in [3.8, 4) is 0 Å². The molecule has 0 saturated carbocycles. The van der Waals surface area contributed by atoms with E-state index in [0.29, 0.717) is 6.04 Å². The molecule has 0 aromatic heterocycles. The molecule has 0 spiro atoms. The summed E-state index contributed by atoms with van der Waals surface area (Å²) in [6.07, 6.45) is 7.39. The number of aliphatic hydroxyl groups excluding tert-OH is 1. The Morgan fingerprint density at radius 2 is 2.35 bits per heavy atom. The summed E-state index contributed by atoms with van der Waals surface area (Å²) >= 11 is 5.53. The van der Waals surface area contributed by atoms with E-state index in [0.717, 1.165) is 30.9 Å². The lowest BCUT2D eigenvalue weighted by molar-refractivity contribution is 0.208. The highest BCUT2D eigenvalue weighted by Gasteiger charge is 2.27. The number of likely N-dealkylation sites (N-methyl/N-ethyl adjacent to an activating group) is 1. The van der Waals surface area contributed by atoms with Gasteiger partial charge in [0.15, 0.2) is 5.11 Å². The van der Waals surface area contributed by atoms with Gasteiger partial charge in [-0.05, 0) is 51.7 Å². The van der Waals surface area contributed by atoms with Crippen molar-refractivity contribution in [2.45, 2.75) is 38.3 Å².